The lowest BCUT2D eigenvalue weighted by atomic mass is 9.96. The average molecular weight is 351 g/mol. The van der Waals surface area contributed by atoms with E-state index >= 15 is 0 Å². The van der Waals surface area contributed by atoms with Crippen LogP contribution in [0, 0.1) is 0 Å². The van der Waals surface area contributed by atoms with Gasteiger partial charge in [-0.1, -0.05) is 55.5 Å². The topological polar surface area (TPSA) is 35.5 Å². The number of benzene rings is 3. The van der Waals surface area contributed by atoms with Crippen LogP contribution in [0.4, 0.5) is 0 Å². The van der Waals surface area contributed by atoms with Gasteiger partial charge in [0, 0.05) is 13.2 Å². The first kappa shape index (κ1) is 18.8. The molecule has 3 rings (SSSR count). The van der Waals surface area contributed by atoms with Crippen LogP contribution in [0.25, 0.3) is 21.5 Å². The van der Waals surface area contributed by atoms with E-state index in [1.54, 1.807) is 0 Å². The molecule has 0 saturated heterocycles. The molecule has 0 atom stereocenters. The zero-order valence-corrected chi connectivity index (χ0v) is 15.7. The van der Waals surface area contributed by atoms with Crippen molar-refractivity contribution in [1.82, 2.24) is 10.2 Å². The molecule has 0 heterocycles. The molecule has 3 aromatic carbocycles. The number of fused-ring (bicyclic) bond motifs is 2. The zero-order chi connectivity index (χ0) is 18.2. The van der Waals surface area contributed by atoms with Gasteiger partial charge >= 0.3 is 0 Å². The van der Waals surface area contributed by atoms with Crippen molar-refractivity contribution in [3.05, 3.63) is 60.2 Å². The maximum Gasteiger partial charge on any atom is 0.0443 e. The van der Waals surface area contributed by atoms with Gasteiger partial charge in [-0.3, -0.25) is 4.90 Å². The van der Waals surface area contributed by atoms with Crippen molar-refractivity contribution in [3.63, 3.8) is 0 Å². The minimum atomic E-state index is 0.266. The molecule has 0 radical (unpaired) electrons. The van der Waals surface area contributed by atoms with Crippen LogP contribution >= 0.6 is 0 Å². The van der Waals surface area contributed by atoms with Crippen LogP contribution in [0.15, 0.2) is 54.6 Å². The fraction of sp³-hybridized carbons (Fsp3) is 0.391. The third kappa shape index (κ3) is 4.61. The summed E-state index contributed by atoms with van der Waals surface area (Å²) in [5.41, 5.74) is 1.44. The Morgan fingerprint density at radius 1 is 0.885 bits per heavy atom. The Morgan fingerprint density at radius 2 is 1.50 bits per heavy atom. The lowest BCUT2D eigenvalue weighted by Crippen LogP contribution is -2.27. The van der Waals surface area contributed by atoms with E-state index in [0.29, 0.717) is 0 Å². The van der Waals surface area contributed by atoms with Gasteiger partial charge in [-0.05, 0) is 72.2 Å². The number of hydrogen-bond acceptors (Lipinski definition) is 3. The van der Waals surface area contributed by atoms with Crippen molar-refractivity contribution in [2.24, 2.45) is 0 Å². The fourth-order valence-corrected chi connectivity index (χ4v) is 3.61. The van der Waals surface area contributed by atoms with E-state index in [0.717, 1.165) is 45.6 Å². The Bertz CT molecular complexity index is 777. The van der Waals surface area contributed by atoms with Gasteiger partial charge in [0.15, 0.2) is 0 Å². The number of nitrogens with zero attached hydrogens (tertiary/aromatic N) is 1. The smallest absolute Gasteiger partial charge is 0.0443 e. The SMILES string of the molecule is CCN(CCCNCCCO)Cc1c2ccccc2cc2ccccc12. The first-order valence-corrected chi connectivity index (χ1v) is 9.76. The maximum absolute atomic E-state index is 8.84. The maximum atomic E-state index is 8.84. The largest absolute Gasteiger partial charge is 0.396 e. The van der Waals surface area contributed by atoms with Crippen LogP contribution in [0.1, 0.15) is 25.3 Å². The third-order valence-electron chi connectivity index (χ3n) is 5.05. The predicted molar refractivity (Wildman–Crippen MR) is 112 cm³/mol. The highest BCUT2D eigenvalue weighted by Gasteiger charge is 2.11. The molecular weight excluding hydrogens is 320 g/mol. The van der Waals surface area contributed by atoms with Crippen LogP contribution in [0.5, 0.6) is 0 Å². The molecule has 0 fully saturated rings. The van der Waals surface area contributed by atoms with E-state index in [9.17, 15) is 0 Å². The first-order valence-electron chi connectivity index (χ1n) is 9.76. The van der Waals surface area contributed by atoms with Gasteiger partial charge in [0.05, 0.1) is 0 Å². The zero-order valence-electron chi connectivity index (χ0n) is 15.7. The molecule has 0 unspecified atom stereocenters. The van der Waals surface area contributed by atoms with E-state index in [2.05, 4.69) is 71.7 Å². The average Bonchev–Trinajstić information content (AvgIpc) is 2.69. The van der Waals surface area contributed by atoms with E-state index in [-0.39, 0.29) is 6.61 Å². The van der Waals surface area contributed by atoms with Crippen molar-refractivity contribution < 1.29 is 5.11 Å². The van der Waals surface area contributed by atoms with Crippen molar-refractivity contribution in [1.29, 1.82) is 0 Å². The highest BCUT2D eigenvalue weighted by atomic mass is 16.3. The molecule has 0 aliphatic carbocycles. The van der Waals surface area contributed by atoms with Gasteiger partial charge in [-0.25, -0.2) is 0 Å². The number of hydrogen-bond donors (Lipinski definition) is 2. The van der Waals surface area contributed by atoms with Gasteiger partial charge in [-0.2, -0.15) is 0 Å². The third-order valence-corrected chi connectivity index (χ3v) is 5.05. The quantitative estimate of drug-likeness (QED) is 0.425. The molecule has 0 bridgehead atoms. The molecular formula is C23H30N2O. The Kier molecular flexibility index (Phi) is 7.01. The van der Waals surface area contributed by atoms with Gasteiger partial charge in [0.2, 0.25) is 0 Å². The summed E-state index contributed by atoms with van der Waals surface area (Å²) in [4.78, 5) is 2.53. The lowest BCUT2D eigenvalue weighted by molar-refractivity contribution is 0.272. The highest BCUT2D eigenvalue weighted by Crippen LogP contribution is 2.29. The second kappa shape index (κ2) is 9.67. The summed E-state index contributed by atoms with van der Waals surface area (Å²) in [7, 11) is 0. The van der Waals surface area contributed by atoms with Gasteiger partial charge in [0.25, 0.3) is 0 Å². The predicted octanol–water partition coefficient (Wildman–Crippen LogP) is 4.18. The van der Waals surface area contributed by atoms with Crippen LogP contribution in [-0.4, -0.2) is 42.8 Å². The molecule has 0 aliphatic rings. The Labute approximate surface area is 156 Å². The summed E-state index contributed by atoms with van der Waals surface area (Å²) in [6, 6.07) is 19.8. The molecule has 26 heavy (non-hydrogen) atoms. The van der Waals surface area contributed by atoms with Crippen molar-refractivity contribution in [2.45, 2.75) is 26.3 Å². The molecule has 0 aliphatic heterocycles. The monoisotopic (exact) mass is 350 g/mol. The van der Waals surface area contributed by atoms with Gasteiger partial charge in [-0.15, -0.1) is 0 Å². The van der Waals surface area contributed by atoms with E-state index in [4.69, 9.17) is 5.11 Å². The van der Waals surface area contributed by atoms with E-state index in [1.807, 2.05) is 0 Å². The van der Waals surface area contributed by atoms with Crippen molar-refractivity contribution >= 4 is 21.5 Å². The van der Waals surface area contributed by atoms with Crippen LogP contribution < -0.4 is 5.32 Å². The number of aliphatic hydroxyl groups is 1. The molecule has 0 saturated carbocycles. The standard InChI is InChI=1S/C23H30N2O/c1-2-25(15-7-13-24-14-8-16-26)18-23-21-11-5-3-9-19(21)17-20-10-4-6-12-22(20)23/h3-6,9-12,17,24,26H,2,7-8,13-16,18H2,1H3. The molecule has 3 aromatic rings. The van der Waals surface area contributed by atoms with E-state index in [1.165, 1.54) is 27.1 Å². The second-order valence-electron chi connectivity index (χ2n) is 6.85. The highest BCUT2D eigenvalue weighted by molar-refractivity contribution is 6.02. The molecule has 0 aromatic heterocycles. The minimum absolute atomic E-state index is 0.266. The molecule has 0 spiro atoms. The summed E-state index contributed by atoms with van der Waals surface area (Å²) in [6.45, 7) is 7.53. The summed E-state index contributed by atoms with van der Waals surface area (Å²) in [5.74, 6) is 0. The first-order chi connectivity index (χ1) is 12.8. The Morgan fingerprint density at radius 3 is 2.12 bits per heavy atom. The Hall–Kier alpha value is -1.94. The van der Waals surface area contributed by atoms with Crippen LogP contribution in [0.2, 0.25) is 0 Å². The van der Waals surface area contributed by atoms with Crippen molar-refractivity contribution in [3.8, 4) is 0 Å². The van der Waals surface area contributed by atoms with Gasteiger partial charge in [0.1, 0.15) is 0 Å². The second-order valence-corrected chi connectivity index (χ2v) is 6.85. The molecule has 2 N–H and O–H groups in total. The summed E-state index contributed by atoms with van der Waals surface area (Å²) >= 11 is 0. The van der Waals surface area contributed by atoms with Gasteiger partial charge < -0.3 is 10.4 Å². The molecule has 3 heteroatoms. The number of nitrogens with one attached hydrogen (secondary N) is 1. The Balaban J connectivity index is 1.77. The number of rotatable bonds is 10. The number of aliphatic hydroxyl groups excluding tert-OH is 1. The normalized spacial score (nSPS) is 11.7. The summed E-state index contributed by atoms with van der Waals surface area (Å²) < 4.78 is 0. The fourth-order valence-electron chi connectivity index (χ4n) is 3.61. The molecule has 3 nitrogen and oxygen atoms in total. The lowest BCUT2D eigenvalue weighted by Gasteiger charge is -2.23. The summed E-state index contributed by atoms with van der Waals surface area (Å²) in [6.07, 6.45) is 1.96. The van der Waals surface area contributed by atoms with Crippen molar-refractivity contribution in [2.75, 3.05) is 32.8 Å². The molecule has 138 valence electrons. The van der Waals surface area contributed by atoms with Crippen LogP contribution in [-0.2, 0) is 6.54 Å². The van der Waals surface area contributed by atoms with E-state index < -0.39 is 0 Å². The summed E-state index contributed by atoms with van der Waals surface area (Å²) in [5, 5.41) is 17.6. The van der Waals surface area contributed by atoms with Crippen LogP contribution in [0.3, 0.4) is 0 Å². The minimum Gasteiger partial charge on any atom is -0.396 e. The molecule has 0 amide bonds.